The van der Waals surface area contributed by atoms with Crippen molar-refractivity contribution < 1.29 is 78.3 Å². The second-order valence-corrected chi connectivity index (χ2v) is 17.4. The van der Waals surface area contributed by atoms with Gasteiger partial charge in [0.1, 0.15) is 17.7 Å². The van der Waals surface area contributed by atoms with Gasteiger partial charge in [0.25, 0.3) is 0 Å². The fourth-order valence-corrected chi connectivity index (χ4v) is 6.28. The molecule has 6 rings (SSSR count). The number of anilines is 3. The number of nitrogens with one attached hydrogen (secondary N) is 3. The zero-order chi connectivity index (χ0) is 42.6. The van der Waals surface area contributed by atoms with E-state index in [0.29, 0.717) is 11.8 Å². The number of nitrogens with zero attached hydrogens (tertiary/aromatic N) is 3. The van der Waals surface area contributed by atoms with Crippen LogP contribution in [0.25, 0.3) is 0 Å². The number of hydrogen-bond donors (Lipinski definition) is 3. The number of amides is 3. The van der Waals surface area contributed by atoms with Gasteiger partial charge in [0.2, 0.25) is 0 Å². The Hall–Kier alpha value is -4.22. The van der Waals surface area contributed by atoms with Crippen LogP contribution in [0, 0.1) is 72.7 Å². The summed E-state index contributed by atoms with van der Waals surface area (Å²) in [4.78, 5) is 75.8. The molecule has 0 aliphatic carbocycles. The third-order valence-corrected chi connectivity index (χ3v) is 9.37. The quantitative estimate of drug-likeness (QED) is 0.292. The molecule has 3 unspecified atom stereocenters. The number of hydrazine groups is 2. The smallest absolute Gasteiger partial charge is 0.417 e. The van der Waals surface area contributed by atoms with Crippen molar-refractivity contribution in [2.24, 2.45) is 16.2 Å². The third-order valence-electron chi connectivity index (χ3n) is 9.37. The Balaban J connectivity index is 0.000000439. The monoisotopic (exact) mass is 972 g/mol. The third kappa shape index (κ3) is 12.4. The van der Waals surface area contributed by atoms with Crippen LogP contribution in [0.15, 0.2) is 91.0 Å². The maximum atomic E-state index is 12.4. The number of rotatable bonds is 6. The van der Waals surface area contributed by atoms with Gasteiger partial charge in [-0.1, -0.05) is 143 Å². The summed E-state index contributed by atoms with van der Waals surface area (Å²) in [5.74, 6) is -0.446. The second-order valence-electron chi connectivity index (χ2n) is 17.4. The molecule has 0 spiro atoms. The number of ketones is 3. The van der Waals surface area contributed by atoms with Crippen LogP contribution in [0.3, 0.4) is 0 Å². The molecule has 3 aliphatic rings. The topological polar surface area (TPSA) is 211 Å². The Morgan fingerprint density at radius 3 is 1.10 bits per heavy atom. The summed E-state index contributed by atoms with van der Waals surface area (Å²) in [6, 6.07) is 27.6. The molecule has 3 atom stereocenters. The minimum absolute atomic E-state index is 0. The summed E-state index contributed by atoms with van der Waals surface area (Å²) in [5, 5.41) is 5.90. The van der Waals surface area contributed by atoms with Crippen LogP contribution >= 0.6 is 0 Å². The molecule has 7 N–H and O–H groups in total. The Kier molecular flexibility index (Phi) is 19.3. The number of benzene rings is 3. The molecular weight excluding hydrogens is 911 g/mol. The van der Waals surface area contributed by atoms with Crippen LogP contribution in [-0.2, 0) is 28.8 Å². The minimum Gasteiger partial charge on any atom is -0.417 e. The van der Waals surface area contributed by atoms with Gasteiger partial charge in [0, 0.05) is 23.0 Å². The van der Waals surface area contributed by atoms with Crippen LogP contribution in [0.4, 0.5) is 17.1 Å². The molecule has 60 heavy (non-hydrogen) atoms. The first-order valence-electron chi connectivity index (χ1n) is 19.2. The van der Waals surface area contributed by atoms with Crippen molar-refractivity contribution in [2.75, 3.05) is 14.9 Å². The van der Waals surface area contributed by atoms with E-state index in [-0.39, 0.29) is 109 Å². The summed E-state index contributed by atoms with van der Waals surface area (Å²) >= 11 is 0. The number of para-hydroxylation sites is 3. The van der Waals surface area contributed by atoms with Crippen molar-refractivity contribution in [2.45, 2.75) is 101 Å². The fraction of sp³-hybridized carbons (Fsp3) is 0.400. The largest absolute Gasteiger partial charge is 3.00 e. The Labute approximate surface area is 385 Å². The van der Waals surface area contributed by atoms with Gasteiger partial charge in [0.15, 0.2) is 0 Å². The van der Waals surface area contributed by atoms with E-state index in [1.54, 1.807) is 4.90 Å². The molecule has 15 heteroatoms. The SMILES string of the molecule is CC1NN(c2ccccc2)C(=O)[C-]1C(=O)C(C)(C)C.CC1NN(c2ccccc2)C(=O)[C-]1C(=O)C(C)(C)C.CC1N[C-](C(=O)C(C)(C)C)C(=O)N1c1ccccc1.O.O.[Tb+3]. The van der Waals surface area contributed by atoms with Crippen molar-refractivity contribution in [3.63, 3.8) is 0 Å². The van der Waals surface area contributed by atoms with E-state index < -0.39 is 16.2 Å². The van der Waals surface area contributed by atoms with Gasteiger partial charge < -0.3 is 49.9 Å². The van der Waals surface area contributed by atoms with E-state index in [9.17, 15) is 28.8 Å². The Morgan fingerprint density at radius 2 is 0.800 bits per heavy atom. The molecule has 328 valence electrons. The van der Waals surface area contributed by atoms with Crippen molar-refractivity contribution in [1.82, 2.24) is 16.2 Å². The molecule has 0 radical (unpaired) electrons. The Morgan fingerprint density at radius 1 is 0.500 bits per heavy atom. The maximum Gasteiger partial charge on any atom is 3.00 e. The molecule has 0 aromatic heterocycles. The van der Waals surface area contributed by atoms with Gasteiger partial charge in [-0.25, -0.2) is 11.8 Å². The number of hydrogen-bond acceptors (Lipinski definition) is 9. The van der Waals surface area contributed by atoms with Crippen LogP contribution < -0.4 is 31.1 Å². The van der Waals surface area contributed by atoms with Gasteiger partial charge in [-0.2, -0.15) is 6.04 Å². The Bertz CT molecular complexity index is 1830. The van der Waals surface area contributed by atoms with Crippen molar-refractivity contribution in [1.29, 1.82) is 0 Å². The summed E-state index contributed by atoms with van der Waals surface area (Å²) in [6.07, 6.45) is -0.212. The molecule has 3 aliphatic heterocycles. The van der Waals surface area contributed by atoms with E-state index in [4.69, 9.17) is 0 Å². The molecular formula is C45H61N6O8Tb. The molecule has 0 saturated carbocycles. The van der Waals surface area contributed by atoms with Crippen LogP contribution in [-0.4, -0.2) is 64.3 Å². The van der Waals surface area contributed by atoms with E-state index >= 15 is 0 Å². The maximum absolute atomic E-state index is 12.4. The molecule has 3 heterocycles. The average Bonchev–Trinajstić information content (AvgIpc) is 3.74. The molecule has 0 bridgehead atoms. The zero-order valence-electron chi connectivity index (χ0n) is 36.5. The van der Waals surface area contributed by atoms with Crippen molar-refractivity contribution >= 4 is 52.1 Å². The fourth-order valence-electron chi connectivity index (χ4n) is 6.28. The number of carbonyl (C=O) groups excluding carboxylic acids is 6. The van der Waals surface area contributed by atoms with Gasteiger partial charge in [-0.15, -0.1) is 0 Å². The van der Waals surface area contributed by atoms with E-state index in [2.05, 4.69) is 16.2 Å². The second kappa shape index (κ2) is 21.5. The molecule has 3 amide bonds. The zero-order valence-corrected chi connectivity index (χ0v) is 38.7. The summed E-state index contributed by atoms with van der Waals surface area (Å²) in [5.41, 5.74) is 6.73. The first-order valence-corrected chi connectivity index (χ1v) is 19.2. The van der Waals surface area contributed by atoms with Crippen molar-refractivity contribution in [3.8, 4) is 0 Å². The van der Waals surface area contributed by atoms with Gasteiger partial charge in [-0.3, -0.25) is 20.9 Å². The normalized spacial score (nSPS) is 19.0. The van der Waals surface area contributed by atoms with Crippen molar-refractivity contribution in [3.05, 3.63) is 109 Å². The van der Waals surface area contributed by atoms with Gasteiger partial charge in [0.05, 0.1) is 17.5 Å². The molecule has 3 fully saturated rings. The first kappa shape index (κ1) is 53.8. The summed E-state index contributed by atoms with van der Waals surface area (Å²) < 4.78 is 0. The molecule has 3 aromatic carbocycles. The molecule has 14 nitrogen and oxygen atoms in total. The average molecular weight is 973 g/mol. The minimum atomic E-state index is -0.565. The summed E-state index contributed by atoms with van der Waals surface area (Å²) in [6.45, 7) is 21.9. The summed E-state index contributed by atoms with van der Waals surface area (Å²) in [7, 11) is 0. The van der Waals surface area contributed by atoms with E-state index in [1.165, 1.54) is 10.0 Å². The predicted octanol–water partition coefficient (Wildman–Crippen LogP) is 4.70. The van der Waals surface area contributed by atoms with Crippen LogP contribution in [0.5, 0.6) is 0 Å². The number of Topliss-reactive ketones (excluding diaryl/α,β-unsaturated/α-hetero) is 3. The van der Waals surface area contributed by atoms with E-state index in [0.717, 1.165) is 17.1 Å². The first-order chi connectivity index (χ1) is 26.5. The standard InChI is InChI=1S/3C15H19N2O2.2H2O.Tb/c1-10-16-12(13(18)15(2,3)4)14(19)17(10)11-8-6-5-7-9-11;2*1-10-12(13(18)15(2,3)4)14(19)17(16-10)11-8-6-5-7-9-11;;;/h3*5-10,16H,1-4H3;2*1H2;/q3*-1;;;+3. The van der Waals surface area contributed by atoms with Crippen LogP contribution in [0.2, 0.25) is 0 Å². The molecule has 3 aromatic rings. The van der Waals surface area contributed by atoms with Crippen LogP contribution in [0.1, 0.15) is 83.1 Å². The number of carbonyl (C=O) groups is 6. The van der Waals surface area contributed by atoms with Gasteiger partial charge >= 0.3 is 38.6 Å². The van der Waals surface area contributed by atoms with E-state index in [1.807, 2.05) is 174 Å². The van der Waals surface area contributed by atoms with Gasteiger partial charge in [-0.05, 0) is 59.6 Å². The predicted molar refractivity (Wildman–Crippen MR) is 230 cm³/mol. The molecule has 3 saturated heterocycles.